The Hall–Kier alpha value is -2.25. The number of aliphatic carboxylic acids is 1. The molecule has 1 heterocycles. The highest BCUT2D eigenvalue weighted by atomic mass is 19.4. The zero-order chi connectivity index (χ0) is 18.3. The van der Waals surface area contributed by atoms with Gasteiger partial charge >= 0.3 is 18.2 Å². The van der Waals surface area contributed by atoms with Crippen LogP contribution in [0.2, 0.25) is 0 Å². The van der Waals surface area contributed by atoms with Crippen molar-refractivity contribution >= 4 is 12.1 Å². The summed E-state index contributed by atoms with van der Waals surface area (Å²) < 4.78 is 43.7. The van der Waals surface area contributed by atoms with Gasteiger partial charge in [0.15, 0.2) is 0 Å². The molecule has 0 bridgehead atoms. The number of carbonyl (C=O) groups is 2. The molecule has 1 atom stereocenters. The lowest BCUT2D eigenvalue weighted by atomic mass is 9.92. The van der Waals surface area contributed by atoms with Crippen molar-refractivity contribution in [1.29, 1.82) is 0 Å². The molecule has 1 aromatic carbocycles. The Bertz CT molecular complexity index is 664. The molecule has 0 radical (unpaired) electrons. The molecule has 0 saturated carbocycles. The standard InChI is InChI=1S/C16H18F3NO4/c1-15(2,3)24-14(23)20-8-10-6-11(16(17,18)19)5-4-9(10)7-12(20)13(21)22/h4-6,12H,7-8H2,1-3H3,(H,21,22)/t12-/m1/s1. The minimum Gasteiger partial charge on any atom is -0.480 e. The van der Waals surface area contributed by atoms with Crippen LogP contribution in [0.5, 0.6) is 0 Å². The van der Waals surface area contributed by atoms with E-state index in [0.29, 0.717) is 5.56 Å². The van der Waals surface area contributed by atoms with Crippen LogP contribution in [0.1, 0.15) is 37.5 Å². The molecule has 1 N–H and O–H groups in total. The summed E-state index contributed by atoms with van der Waals surface area (Å²) in [4.78, 5) is 24.6. The first-order valence-electron chi connectivity index (χ1n) is 7.30. The van der Waals surface area contributed by atoms with Gasteiger partial charge in [0.2, 0.25) is 0 Å². The average Bonchev–Trinajstić information content (AvgIpc) is 2.42. The monoisotopic (exact) mass is 345 g/mol. The molecule has 2 rings (SSSR count). The van der Waals surface area contributed by atoms with E-state index in [4.69, 9.17) is 4.74 Å². The zero-order valence-corrected chi connectivity index (χ0v) is 13.5. The second-order valence-corrected chi connectivity index (χ2v) is 6.65. The van der Waals surface area contributed by atoms with Crippen molar-refractivity contribution in [3.05, 3.63) is 34.9 Å². The number of carbonyl (C=O) groups excluding carboxylic acids is 1. The lowest BCUT2D eigenvalue weighted by Gasteiger charge is -2.35. The Morgan fingerprint density at radius 1 is 1.21 bits per heavy atom. The van der Waals surface area contributed by atoms with Crippen LogP contribution in [-0.4, -0.2) is 33.7 Å². The molecular weight excluding hydrogens is 327 g/mol. The maximum absolute atomic E-state index is 12.8. The Balaban J connectivity index is 2.36. The maximum atomic E-state index is 12.8. The zero-order valence-electron chi connectivity index (χ0n) is 13.5. The number of hydrogen-bond acceptors (Lipinski definition) is 3. The number of carboxylic acid groups (broad SMARTS) is 1. The van der Waals surface area contributed by atoms with E-state index in [0.717, 1.165) is 17.0 Å². The third kappa shape index (κ3) is 3.98. The Labute approximate surface area is 137 Å². The highest BCUT2D eigenvalue weighted by molar-refractivity contribution is 5.81. The fourth-order valence-electron chi connectivity index (χ4n) is 2.49. The highest BCUT2D eigenvalue weighted by Gasteiger charge is 2.38. The van der Waals surface area contributed by atoms with Crippen LogP contribution in [0.25, 0.3) is 0 Å². The lowest BCUT2D eigenvalue weighted by Crippen LogP contribution is -2.50. The third-order valence-corrected chi connectivity index (χ3v) is 3.58. The largest absolute Gasteiger partial charge is 0.480 e. The SMILES string of the molecule is CC(C)(C)OC(=O)N1Cc2cc(C(F)(F)F)ccc2C[C@@H]1C(=O)O. The minimum absolute atomic E-state index is 0.0674. The van der Waals surface area contributed by atoms with Gasteiger partial charge < -0.3 is 9.84 Å². The van der Waals surface area contributed by atoms with E-state index < -0.39 is 35.4 Å². The minimum atomic E-state index is -4.50. The average molecular weight is 345 g/mol. The number of benzene rings is 1. The predicted molar refractivity (Wildman–Crippen MR) is 78.3 cm³/mol. The number of carboxylic acids is 1. The van der Waals surface area contributed by atoms with Crippen LogP contribution in [0.15, 0.2) is 18.2 Å². The number of ether oxygens (including phenoxy) is 1. The number of alkyl halides is 3. The number of halogens is 3. The number of rotatable bonds is 1. The van der Waals surface area contributed by atoms with E-state index in [1.54, 1.807) is 20.8 Å². The van der Waals surface area contributed by atoms with Gasteiger partial charge in [0, 0.05) is 6.42 Å². The van der Waals surface area contributed by atoms with Gasteiger partial charge in [0.25, 0.3) is 0 Å². The van der Waals surface area contributed by atoms with Gasteiger partial charge in [0.1, 0.15) is 11.6 Å². The van der Waals surface area contributed by atoms with E-state index in [-0.39, 0.29) is 18.5 Å². The number of hydrogen-bond donors (Lipinski definition) is 1. The van der Waals surface area contributed by atoms with Gasteiger partial charge in [-0.1, -0.05) is 6.07 Å². The van der Waals surface area contributed by atoms with Gasteiger partial charge in [-0.2, -0.15) is 13.2 Å². The molecule has 0 unspecified atom stereocenters. The van der Waals surface area contributed by atoms with Crippen molar-refractivity contribution in [2.24, 2.45) is 0 Å². The van der Waals surface area contributed by atoms with Crippen molar-refractivity contribution in [2.45, 2.75) is 51.6 Å². The second-order valence-electron chi connectivity index (χ2n) is 6.65. The van der Waals surface area contributed by atoms with E-state index in [9.17, 15) is 27.9 Å². The van der Waals surface area contributed by atoms with E-state index >= 15 is 0 Å². The quantitative estimate of drug-likeness (QED) is 0.847. The first-order valence-corrected chi connectivity index (χ1v) is 7.30. The summed E-state index contributed by atoms with van der Waals surface area (Å²) in [6.45, 7) is 4.63. The van der Waals surface area contributed by atoms with Gasteiger partial charge in [-0.3, -0.25) is 4.90 Å². The van der Waals surface area contributed by atoms with Crippen LogP contribution >= 0.6 is 0 Å². The topological polar surface area (TPSA) is 66.8 Å². The van der Waals surface area contributed by atoms with Crippen molar-refractivity contribution in [3.8, 4) is 0 Å². The van der Waals surface area contributed by atoms with Crippen LogP contribution in [0, 0.1) is 0 Å². The molecule has 1 amide bonds. The van der Waals surface area contributed by atoms with E-state index in [1.807, 2.05) is 0 Å². The second kappa shape index (κ2) is 5.99. The predicted octanol–water partition coefficient (Wildman–Crippen LogP) is 3.45. The molecule has 0 fully saturated rings. The van der Waals surface area contributed by atoms with Gasteiger partial charge in [-0.15, -0.1) is 0 Å². The van der Waals surface area contributed by atoms with E-state index in [1.165, 1.54) is 6.07 Å². The summed E-state index contributed by atoms with van der Waals surface area (Å²) in [5, 5.41) is 9.34. The summed E-state index contributed by atoms with van der Waals surface area (Å²) in [6, 6.07) is 1.95. The first-order chi connectivity index (χ1) is 10.9. The molecule has 1 aromatic rings. The molecule has 24 heavy (non-hydrogen) atoms. The Morgan fingerprint density at radius 2 is 1.83 bits per heavy atom. The Morgan fingerprint density at radius 3 is 2.33 bits per heavy atom. The van der Waals surface area contributed by atoms with Crippen molar-refractivity contribution in [3.63, 3.8) is 0 Å². The summed E-state index contributed by atoms with van der Waals surface area (Å²) >= 11 is 0. The first kappa shape index (κ1) is 18.1. The molecular formula is C16H18F3NO4. The van der Waals surface area contributed by atoms with Crippen LogP contribution < -0.4 is 0 Å². The molecule has 1 aliphatic heterocycles. The summed E-state index contributed by atoms with van der Waals surface area (Å²) in [5.74, 6) is -1.23. The van der Waals surface area contributed by atoms with Crippen molar-refractivity contribution in [2.75, 3.05) is 0 Å². The van der Waals surface area contributed by atoms with Crippen LogP contribution in [0.4, 0.5) is 18.0 Å². The van der Waals surface area contributed by atoms with Crippen LogP contribution in [0.3, 0.4) is 0 Å². The van der Waals surface area contributed by atoms with Gasteiger partial charge in [-0.25, -0.2) is 9.59 Å². The van der Waals surface area contributed by atoms with Gasteiger partial charge in [0.05, 0.1) is 12.1 Å². The number of amides is 1. The van der Waals surface area contributed by atoms with Crippen molar-refractivity contribution < 1.29 is 32.6 Å². The Kier molecular flexibility index (Phi) is 4.52. The van der Waals surface area contributed by atoms with Gasteiger partial charge in [-0.05, 0) is 44.0 Å². The van der Waals surface area contributed by atoms with E-state index in [2.05, 4.69) is 0 Å². The molecule has 0 spiro atoms. The van der Waals surface area contributed by atoms with Crippen molar-refractivity contribution in [1.82, 2.24) is 4.90 Å². The molecule has 0 aromatic heterocycles. The molecule has 5 nitrogen and oxygen atoms in total. The normalized spacial score (nSPS) is 18.1. The molecule has 0 aliphatic carbocycles. The van der Waals surface area contributed by atoms with Crippen LogP contribution in [-0.2, 0) is 28.7 Å². The summed E-state index contributed by atoms with van der Waals surface area (Å²) in [6.07, 6.45) is -5.43. The summed E-state index contributed by atoms with van der Waals surface area (Å²) in [5.41, 5.74) is -0.920. The molecule has 0 saturated heterocycles. The molecule has 8 heteroatoms. The maximum Gasteiger partial charge on any atom is 0.416 e. The molecule has 132 valence electrons. The number of fused-ring (bicyclic) bond motifs is 1. The summed E-state index contributed by atoms with van der Waals surface area (Å²) in [7, 11) is 0. The third-order valence-electron chi connectivity index (χ3n) is 3.58. The smallest absolute Gasteiger partial charge is 0.416 e. The fourth-order valence-corrected chi connectivity index (χ4v) is 2.49. The molecule has 1 aliphatic rings. The highest BCUT2D eigenvalue weighted by Crippen LogP contribution is 2.33. The number of nitrogens with zero attached hydrogens (tertiary/aromatic N) is 1. The fraction of sp³-hybridized carbons (Fsp3) is 0.500. The lowest BCUT2D eigenvalue weighted by molar-refractivity contribution is -0.144.